The van der Waals surface area contributed by atoms with Crippen molar-refractivity contribution in [2.24, 2.45) is 5.41 Å². The normalized spacial score (nSPS) is 11.1. The van der Waals surface area contributed by atoms with Crippen molar-refractivity contribution in [3.8, 4) is 0 Å². The first-order valence-electron chi connectivity index (χ1n) is 5.38. The Labute approximate surface area is 101 Å². The highest BCUT2D eigenvalue weighted by Gasteiger charge is 2.23. The summed E-state index contributed by atoms with van der Waals surface area (Å²) in [5.74, 6) is -1.24. The summed E-state index contributed by atoms with van der Waals surface area (Å²) in [5, 5.41) is 11.7. The molecule has 2 N–H and O–H groups in total. The lowest BCUT2D eigenvalue weighted by Crippen LogP contribution is -2.28. The second-order valence-electron chi connectivity index (χ2n) is 5.01. The number of rotatable bonds is 2. The zero-order valence-electron chi connectivity index (χ0n) is 10.5. The topological polar surface area (TPSA) is 66.4 Å². The van der Waals surface area contributed by atoms with E-state index < -0.39 is 11.4 Å². The zero-order valence-corrected chi connectivity index (χ0v) is 10.5. The fraction of sp³-hybridized carbons (Fsp3) is 0.385. The maximum Gasteiger partial charge on any atom is 0.337 e. The molecule has 0 spiro atoms. The van der Waals surface area contributed by atoms with Gasteiger partial charge >= 0.3 is 5.97 Å². The highest BCUT2D eigenvalue weighted by atomic mass is 16.4. The number of para-hydroxylation sites is 1. The molecule has 1 aromatic rings. The fourth-order valence-corrected chi connectivity index (χ4v) is 1.31. The number of nitrogens with one attached hydrogen (secondary N) is 1. The summed E-state index contributed by atoms with van der Waals surface area (Å²) in [7, 11) is 0. The molecule has 0 fully saturated rings. The fourth-order valence-electron chi connectivity index (χ4n) is 1.31. The SMILES string of the molecule is Cc1cccc(C(=O)O)c1NC(=O)C(C)(C)C. The minimum Gasteiger partial charge on any atom is -0.478 e. The van der Waals surface area contributed by atoms with Crippen LogP contribution in [0.4, 0.5) is 5.69 Å². The van der Waals surface area contributed by atoms with E-state index in [0.29, 0.717) is 5.69 Å². The minimum atomic E-state index is -1.04. The van der Waals surface area contributed by atoms with Crippen molar-refractivity contribution < 1.29 is 14.7 Å². The van der Waals surface area contributed by atoms with Crippen molar-refractivity contribution in [2.75, 3.05) is 5.32 Å². The Kier molecular flexibility index (Phi) is 3.56. The molecule has 0 heterocycles. The number of aryl methyl sites for hydroxylation is 1. The van der Waals surface area contributed by atoms with Crippen molar-refractivity contribution in [3.05, 3.63) is 29.3 Å². The maximum atomic E-state index is 11.9. The van der Waals surface area contributed by atoms with Gasteiger partial charge in [-0.2, -0.15) is 0 Å². The molecule has 0 aromatic heterocycles. The summed E-state index contributed by atoms with van der Waals surface area (Å²) < 4.78 is 0. The van der Waals surface area contributed by atoms with Gasteiger partial charge in [-0.25, -0.2) is 4.79 Å². The van der Waals surface area contributed by atoms with Gasteiger partial charge < -0.3 is 10.4 Å². The van der Waals surface area contributed by atoms with Crippen molar-refractivity contribution in [1.29, 1.82) is 0 Å². The van der Waals surface area contributed by atoms with Crippen LogP contribution >= 0.6 is 0 Å². The summed E-state index contributed by atoms with van der Waals surface area (Å²) in [6.45, 7) is 7.11. The smallest absolute Gasteiger partial charge is 0.337 e. The Morgan fingerprint density at radius 3 is 2.29 bits per heavy atom. The molecule has 1 aromatic carbocycles. The molecule has 17 heavy (non-hydrogen) atoms. The maximum absolute atomic E-state index is 11.9. The standard InChI is InChI=1S/C13H17NO3/c1-8-6-5-7-9(11(15)16)10(8)14-12(17)13(2,3)4/h5-7H,1-4H3,(H,14,17)(H,15,16). The first-order chi connectivity index (χ1) is 7.73. The van der Waals surface area contributed by atoms with E-state index in [4.69, 9.17) is 5.11 Å². The van der Waals surface area contributed by atoms with Crippen molar-refractivity contribution in [3.63, 3.8) is 0 Å². The van der Waals surface area contributed by atoms with Crippen LogP contribution in [0.25, 0.3) is 0 Å². The molecular weight excluding hydrogens is 218 g/mol. The monoisotopic (exact) mass is 235 g/mol. The summed E-state index contributed by atoms with van der Waals surface area (Å²) >= 11 is 0. The Morgan fingerprint density at radius 1 is 1.24 bits per heavy atom. The molecule has 0 aliphatic carbocycles. The van der Waals surface area contributed by atoms with Crippen LogP contribution in [0.5, 0.6) is 0 Å². The number of amides is 1. The van der Waals surface area contributed by atoms with Gasteiger partial charge in [0.15, 0.2) is 0 Å². The largest absolute Gasteiger partial charge is 0.478 e. The number of hydrogen-bond donors (Lipinski definition) is 2. The molecule has 4 nitrogen and oxygen atoms in total. The van der Waals surface area contributed by atoms with Gasteiger partial charge in [0.2, 0.25) is 5.91 Å². The predicted octanol–water partition coefficient (Wildman–Crippen LogP) is 2.68. The first kappa shape index (κ1) is 13.2. The third-order valence-electron chi connectivity index (χ3n) is 2.42. The van der Waals surface area contributed by atoms with Crippen molar-refractivity contribution >= 4 is 17.6 Å². The molecule has 0 unspecified atom stereocenters. The molecule has 0 saturated carbocycles. The van der Waals surface area contributed by atoms with E-state index in [2.05, 4.69) is 5.32 Å². The van der Waals surface area contributed by atoms with Gasteiger partial charge in [-0.05, 0) is 18.6 Å². The van der Waals surface area contributed by atoms with Gasteiger partial charge in [-0.1, -0.05) is 32.9 Å². The van der Waals surface area contributed by atoms with E-state index in [9.17, 15) is 9.59 Å². The van der Waals surface area contributed by atoms with Gasteiger partial charge in [-0.3, -0.25) is 4.79 Å². The van der Waals surface area contributed by atoms with Gasteiger partial charge in [0.25, 0.3) is 0 Å². The van der Waals surface area contributed by atoms with Crippen LogP contribution < -0.4 is 5.32 Å². The molecule has 92 valence electrons. The lowest BCUT2D eigenvalue weighted by Gasteiger charge is -2.19. The van der Waals surface area contributed by atoms with Crippen LogP contribution in [0.1, 0.15) is 36.7 Å². The van der Waals surface area contributed by atoms with Gasteiger partial charge in [0.05, 0.1) is 11.3 Å². The molecule has 0 atom stereocenters. The Morgan fingerprint density at radius 2 is 1.82 bits per heavy atom. The summed E-state index contributed by atoms with van der Waals surface area (Å²) in [4.78, 5) is 22.9. The van der Waals surface area contributed by atoms with Crippen LogP contribution in [0.15, 0.2) is 18.2 Å². The lowest BCUT2D eigenvalue weighted by molar-refractivity contribution is -0.123. The van der Waals surface area contributed by atoms with E-state index in [1.54, 1.807) is 39.8 Å². The molecule has 0 bridgehead atoms. The van der Waals surface area contributed by atoms with Crippen molar-refractivity contribution in [2.45, 2.75) is 27.7 Å². The summed E-state index contributed by atoms with van der Waals surface area (Å²) in [5.41, 5.74) is 0.669. The average Bonchev–Trinajstić information content (AvgIpc) is 2.18. The van der Waals surface area contributed by atoms with E-state index in [1.807, 2.05) is 0 Å². The number of benzene rings is 1. The number of carboxylic acid groups (broad SMARTS) is 1. The summed E-state index contributed by atoms with van der Waals surface area (Å²) in [6.07, 6.45) is 0. The number of carbonyl (C=O) groups excluding carboxylic acids is 1. The highest BCUT2D eigenvalue weighted by molar-refractivity contribution is 6.02. The second kappa shape index (κ2) is 4.57. The van der Waals surface area contributed by atoms with Crippen LogP contribution in [-0.2, 0) is 4.79 Å². The number of carboxylic acids is 1. The number of carbonyl (C=O) groups is 2. The van der Waals surface area contributed by atoms with Crippen LogP contribution in [-0.4, -0.2) is 17.0 Å². The molecule has 0 aliphatic heterocycles. The van der Waals surface area contributed by atoms with Crippen LogP contribution in [0.2, 0.25) is 0 Å². The third kappa shape index (κ3) is 3.06. The Balaban J connectivity index is 3.14. The van der Waals surface area contributed by atoms with E-state index in [-0.39, 0.29) is 11.5 Å². The lowest BCUT2D eigenvalue weighted by atomic mass is 9.95. The van der Waals surface area contributed by atoms with Gasteiger partial charge in [-0.15, -0.1) is 0 Å². The third-order valence-corrected chi connectivity index (χ3v) is 2.42. The van der Waals surface area contributed by atoms with Gasteiger partial charge in [0, 0.05) is 5.41 Å². The number of anilines is 1. The predicted molar refractivity (Wildman–Crippen MR) is 66.2 cm³/mol. The molecule has 1 rings (SSSR count). The molecule has 4 heteroatoms. The quantitative estimate of drug-likeness (QED) is 0.828. The zero-order chi connectivity index (χ0) is 13.2. The minimum absolute atomic E-state index is 0.114. The number of hydrogen-bond acceptors (Lipinski definition) is 2. The molecule has 0 saturated heterocycles. The van der Waals surface area contributed by atoms with E-state index in [0.717, 1.165) is 5.56 Å². The molecule has 0 radical (unpaired) electrons. The molecule has 0 aliphatic rings. The highest BCUT2D eigenvalue weighted by Crippen LogP contribution is 2.23. The van der Waals surface area contributed by atoms with Gasteiger partial charge in [0.1, 0.15) is 0 Å². The van der Waals surface area contributed by atoms with Crippen LogP contribution in [0, 0.1) is 12.3 Å². The number of aromatic carboxylic acids is 1. The van der Waals surface area contributed by atoms with Crippen LogP contribution in [0.3, 0.4) is 0 Å². The van der Waals surface area contributed by atoms with Crippen molar-refractivity contribution in [1.82, 2.24) is 0 Å². The molecule has 1 amide bonds. The van der Waals surface area contributed by atoms with E-state index in [1.165, 1.54) is 6.07 Å². The molecular formula is C13H17NO3. The first-order valence-corrected chi connectivity index (χ1v) is 5.38. The van der Waals surface area contributed by atoms with E-state index >= 15 is 0 Å². The Hall–Kier alpha value is -1.84. The summed E-state index contributed by atoms with van der Waals surface area (Å²) in [6, 6.07) is 4.91. The second-order valence-corrected chi connectivity index (χ2v) is 5.01. The average molecular weight is 235 g/mol. The Bertz CT molecular complexity index is 458.